The van der Waals surface area contributed by atoms with Crippen molar-refractivity contribution in [2.24, 2.45) is 5.92 Å². The Bertz CT molecular complexity index is 856. The van der Waals surface area contributed by atoms with Crippen LogP contribution in [0.2, 0.25) is 5.02 Å². The molecule has 150 valence electrons. The smallest absolute Gasteiger partial charge is 0.137 e. The molecule has 2 saturated carbocycles. The van der Waals surface area contributed by atoms with E-state index in [1.54, 1.807) is 0 Å². The van der Waals surface area contributed by atoms with Gasteiger partial charge in [-0.3, -0.25) is 4.79 Å². The second-order valence-electron chi connectivity index (χ2n) is 8.78. The number of hydrogen-bond acceptors (Lipinski definition) is 3. The molecule has 1 aromatic carbocycles. The molecule has 0 N–H and O–H groups in total. The summed E-state index contributed by atoms with van der Waals surface area (Å²) in [5, 5.41) is 9.86. The molecule has 2 fully saturated rings. The molecule has 5 heteroatoms. The van der Waals surface area contributed by atoms with Gasteiger partial charge in [0.25, 0.3) is 0 Å². The molecule has 0 saturated heterocycles. The first-order chi connectivity index (χ1) is 13.5. The minimum atomic E-state index is 0.239. The molecule has 4 nitrogen and oxygen atoms in total. The summed E-state index contributed by atoms with van der Waals surface area (Å²) in [6, 6.07) is 6.34. The van der Waals surface area contributed by atoms with Crippen molar-refractivity contribution >= 4 is 17.4 Å². The molecule has 0 radical (unpaired) electrons. The largest absolute Gasteiger partial charge is 0.312 e. The maximum Gasteiger partial charge on any atom is 0.137 e. The SMILES string of the molecule is Cc1c(Cl)cccc1CC(=O)CCc1nnc(C2CCCC(C)C2)n1C1CC1. The quantitative estimate of drug-likeness (QED) is 0.607. The van der Waals surface area contributed by atoms with Gasteiger partial charge in [-0.25, -0.2) is 0 Å². The summed E-state index contributed by atoms with van der Waals surface area (Å²) in [4.78, 5) is 12.6. The Morgan fingerprint density at radius 2 is 2.04 bits per heavy atom. The number of ketones is 1. The van der Waals surface area contributed by atoms with Crippen LogP contribution in [0.15, 0.2) is 18.2 Å². The van der Waals surface area contributed by atoms with Crippen LogP contribution < -0.4 is 0 Å². The number of carbonyl (C=O) groups is 1. The lowest BCUT2D eigenvalue weighted by Crippen LogP contribution is -2.17. The average molecular weight is 400 g/mol. The summed E-state index contributed by atoms with van der Waals surface area (Å²) in [7, 11) is 0. The number of aromatic nitrogens is 3. The van der Waals surface area contributed by atoms with Crippen LogP contribution in [0.4, 0.5) is 0 Å². The highest BCUT2D eigenvalue weighted by molar-refractivity contribution is 6.31. The molecule has 0 spiro atoms. The van der Waals surface area contributed by atoms with Crippen molar-refractivity contribution in [2.75, 3.05) is 0 Å². The molecule has 0 amide bonds. The van der Waals surface area contributed by atoms with Gasteiger partial charge < -0.3 is 4.57 Å². The highest BCUT2D eigenvalue weighted by atomic mass is 35.5. The Morgan fingerprint density at radius 3 is 2.79 bits per heavy atom. The van der Waals surface area contributed by atoms with Crippen molar-refractivity contribution in [3.05, 3.63) is 46.0 Å². The van der Waals surface area contributed by atoms with Crippen molar-refractivity contribution in [1.82, 2.24) is 14.8 Å². The van der Waals surface area contributed by atoms with Crippen LogP contribution in [0.5, 0.6) is 0 Å². The molecular formula is C23H30ClN3O. The summed E-state index contributed by atoms with van der Waals surface area (Å²) in [5.74, 6) is 3.74. The van der Waals surface area contributed by atoms with Gasteiger partial charge in [0.2, 0.25) is 0 Å². The van der Waals surface area contributed by atoms with E-state index in [9.17, 15) is 4.79 Å². The zero-order valence-corrected chi connectivity index (χ0v) is 17.7. The molecule has 2 atom stereocenters. The highest BCUT2D eigenvalue weighted by Gasteiger charge is 2.33. The van der Waals surface area contributed by atoms with Crippen molar-refractivity contribution in [3.63, 3.8) is 0 Å². The monoisotopic (exact) mass is 399 g/mol. The minimum absolute atomic E-state index is 0.239. The van der Waals surface area contributed by atoms with Gasteiger partial charge >= 0.3 is 0 Å². The van der Waals surface area contributed by atoms with Crippen molar-refractivity contribution in [2.45, 2.75) is 83.6 Å². The summed E-state index contributed by atoms with van der Waals surface area (Å²) >= 11 is 6.19. The fourth-order valence-electron chi connectivity index (χ4n) is 4.58. The van der Waals surface area contributed by atoms with Crippen LogP contribution in [-0.2, 0) is 17.6 Å². The molecule has 1 aromatic heterocycles. The number of carbonyl (C=O) groups excluding carboxylic acids is 1. The molecule has 2 aliphatic carbocycles. The molecule has 2 aliphatic rings. The summed E-state index contributed by atoms with van der Waals surface area (Å²) < 4.78 is 2.39. The van der Waals surface area contributed by atoms with Crippen LogP contribution in [0.3, 0.4) is 0 Å². The molecule has 4 rings (SSSR count). The second-order valence-corrected chi connectivity index (χ2v) is 9.19. The third kappa shape index (κ3) is 4.32. The molecule has 1 heterocycles. The highest BCUT2D eigenvalue weighted by Crippen LogP contribution is 2.42. The molecule has 2 aromatic rings. The molecular weight excluding hydrogens is 370 g/mol. The van der Waals surface area contributed by atoms with E-state index < -0.39 is 0 Å². The first-order valence-corrected chi connectivity index (χ1v) is 11.1. The molecule has 28 heavy (non-hydrogen) atoms. The lowest BCUT2D eigenvalue weighted by Gasteiger charge is -2.26. The van der Waals surface area contributed by atoms with Gasteiger partial charge in [-0.15, -0.1) is 10.2 Å². The Labute approximate surface area is 172 Å². The topological polar surface area (TPSA) is 47.8 Å². The van der Waals surface area contributed by atoms with Gasteiger partial charge in [0.15, 0.2) is 0 Å². The summed E-state index contributed by atoms with van der Waals surface area (Å²) in [6.45, 7) is 4.33. The van der Waals surface area contributed by atoms with E-state index in [4.69, 9.17) is 11.6 Å². The second kappa shape index (κ2) is 8.36. The van der Waals surface area contributed by atoms with Crippen LogP contribution in [0.25, 0.3) is 0 Å². The third-order valence-corrected chi connectivity index (χ3v) is 6.81. The Hall–Kier alpha value is -1.68. The molecule has 2 unspecified atom stereocenters. The predicted octanol–water partition coefficient (Wildman–Crippen LogP) is 5.61. The van der Waals surface area contributed by atoms with E-state index in [0.29, 0.717) is 31.2 Å². The first kappa shape index (κ1) is 19.6. The van der Waals surface area contributed by atoms with Crippen molar-refractivity contribution < 1.29 is 4.79 Å². The normalized spacial score (nSPS) is 22.4. The van der Waals surface area contributed by atoms with E-state index in [1.165, 1.54) is 44.3 Å². The van der Waals surface area contributed by atoms with E-state index in [0.717, 1.165) is 27.9 Å². The van der Waals surface area contributed by atoms with E-state index in [1.807, 2.05) is 25.1 Å². The van der Waals surface area contributed by atoms with Crippen LogP contribution in [0, 0.1) is 12.8 Å². The fourth-order valence-corrected chi connectivity index (χ4v) is 4.78. The third-order valence-electron chi connectivity index (χ3n) is 6.40. The van der Waals surface area contributed by atoms with Gasteiger partial charge in [0.05, 0.1) is 0 Å². The Kier molecular flexibility index (Phi) is 5.86. The Morgan fingerprint density at radius 1 is 1.21 bits per heavy atom. The summed E-state index contributed by atoms with van der Waals surface area (Å²) in [6.07, 6.45) is 9.14. The fraction of sp³-hybridized carbons (Fsp3) is 0.609. The van der Waals surface area contributed by atoms with Gasteiger partial charge in [-0.2, -0.15) is 0 Å². The number of rotatable bonds is 7. The van der Waals surface area contributed by atoms with E-state index >= 15 is 0 Å². The summed E-state index contributed by atoms with van der Waals surface area (Å²) in [5.41, 5.74) is 2.03. The van der Waals surface area contributed by atoms with Gasteiger partial charge in [-0.05, 0) is 55.7 Å². The van der Waals surface area contributed by atoms with E-state index in [2.05, 4.69) is 21.7 Å². The van der Waals surface area contributed by atoms with Crippen LogP contribution >= 0.6 is 11.6 Å². The number of halogens is 1. The Balaban J connectivity index is 1.43. The number of Topliss-reactive ketones (excluding diaryl/α,β-unsaturated/α-hetero) is 1. The van der Waals surface area contributed by atoms with Crippen molar-refractivity contribution in [3.8, 4) is 0 Å². The van der Waals surface area contributed by atoms with Gasteiger partial charge in [0.1, 0.15) is 17.4 Å². The van der Waals surface area contributed by atoms with Crippen molar-refractivity contribution in [1.29, 1.82) is 0 Å². The number of benzene rings is 1. The molecule has 0 bridgehead atoms. The van der Waals surface area contributed by atoms with E-state index in [-0.39, 0.29) is 5.78 Å². The first-order valence-electron chi connectivity index (χ1n) is 10.7. The van der Waals surface area contributed by atoms with Gasteiger partial charge in [0, 0.05) is 36.2 Å². The predicted molar refractivity (Wildman–Crippen MR) is 112 cm³/mol. The lowest BCUT2D eigenvalue weighted by atomic mass is 9.82. The average Bonchev–Trinajstić information content (AvgIpc) is 3.43. The lowest BCUT2D eigenvalue weighted by molar-refractivity contribution is -0.118. The van der Waals surface area contributed by atoms with Crippen LogP contribution in [0.1, 0.15) is 86.6 Å². The maximum atomic E-state index is 12.6. The minimum Gasteiger partial charge on any atom is -0.312 e. The standard InChI is InChI=1S/C23H30ClN3O/c1-15-5-3-7-18(13-15)23-26-25-22(27(23)19-9-10-19)12-11-20(28)14-17-6-4-8-21(24)16(17)2/h4,6,8,15,18-19H,3,5,7,9-14H2,1-2H3. The number of nitrogens with zero attached hydrogens (tertiary/aromatic N) is 3. The zero-order valence-electron chi connectivity index (χ0n) is 17.0. The van der Waals surface area contributed by atoms with Gasteiger partial charge in [-0.1, -0.05) is 43.5 Å². The maximum absolute atomic E-state index is 12.6. The number of aryl methyl sites for hydroxylation is 1. The number of hydrogen-bond donors (Lipinski definition) is 0. The molecule has 0 aliphatic heterocycles. The van der Waals surface area contributed by atoms with Crippen LogP contribution in [-0.4, -0.2) is 20.5 Å². The zero-order chi connectivity index (χ0) is 19.7.